The van der Waals surface area contributed by atoms with Crippen LogP contribution in [0.5, 0.6) is 0 Å². The van der Waals surface area contributed by atoms with Crippen molar-refractivity contribution in [1.82, 2.24) is 0 Å². The van der Waals surface area contributed by atoms with E-state index >= 15 is 0 Å². The average molecular weight is 527 g/mol. The summed E-state index contributed by atoms with van der Waals surface area (Å²) in [5, 5.41) is 19.7. The summed E-state index contributed by atoms with van der Waals surface area (Å²) < 4.78 is 3.25. The van der Waals surface area contributed by atoms with E-state index in [1.807, 2.05) is 0 Å². The van der Waals surface area contributed by atoms with Gasteiger partial charge in [0.15, 0.2) is 0 Å². The van der Waals surface area contributed by atoms with Crippen LogP contribution in [0.4, 0.5) is 0 Å². The van der Waals surface area contributed by atoms with Gasteiger partial charge in [0.2, 0.25) is 0 Å². The van der Waals surface area contributed by atoms with E-state index in [0.717, 1.165) is 37.2 Å². The van der Waals surface area contributed by atoms with Gasteiger partial charge in [0, 0.05) is 11.5 Å². The monoisotopic (exact) mass is 528 g/mol. The fourth-order valence-electron chi connectivity index (χ4n) is 1.53. The summed E-state index contributed by atoms with van der Waals surface area (Å²) in [6, 6.07) is 0. The third-order valence-electron chi connectivity index (χ3n) is 3.14. The van der Waals surface area contributed by atoms with Crippen molar-refractivity contribution in [3.8, 4) is 0 Å². The molecule has 0 atom stereocenters. The van der Waals surface area contributed by atoms with Crippen molar-refractivity contribution in [1.29, 1.82) is 0 Å². The Morgan fingerprint density at radius 1 is 0.667 bits per heavy atom. The number of unbranched alkanes of at least 4 members (excludes halogenated alkanes) is 4. The summed E-state index contributed by atoms with van der Waals surface area (Å²) in [5.41, 5.74) is 0. The Morgan fingerprint density at radius 3 is 1.26 bits per heavy atom. The molecule has 4 nitrogen and oxygen atoms in total. The molecule has 0 saturated heterocycles. The molecular weight excluding hydrogens is 487 g/mol. The molecule has 0 unspecified atom stereocenters. The standard InChI is InChI=1S/2C6H12O2S.2C4H9.Sn/c2*1-2-3-4-9-5-6(7)8;2*1-3-4-2;/h2*2-5H2,1H3,(H,7,8);2*1,3-4H2,2H3;/q;;;;+2/p-2. The Balaban J connectivity index is -0.000000320. The first-order valence-corrected chi connectivity index (χ1v) is 16.6. The zero-order chi connectivity index (χ0) is 21.2. The van der Waals surface area contributed by atoms with E-state index < -0.39 is 11.9 Å². The Kier molecular flexibility index (Phi) is 37.0. The molecular formula is C20H40O4S2Sn. The molecule has 0 amide bonds. The number of hydrogen-bond acceptors (Lipinski definition) is 6. The predicted octanol–water partition coefficient (Wildman–Crippen LogP) is 3.67. The molecule has 0 aliphatic heterocycles. The second kappa shape index (κ2) is 31.1. The van der Waals surface area contributed by atoms with Gasteiger partial charge in [-0.1, -0.05) is 26.7 Å². The Labute approximate surface area is 186 Å². The number of aliphatic carboxylic acids is 2. The number of carboxylic acid groups (broad SMARTS) is 2. The fourth-order valence-corrected chi connectivity index (χ4v) is 7.30. The Hall–Kier alpha value is 0.439. The van der Waals surface area contributed by atoms with E-state index in [2.05, 4.69) is 27.7 Å². The molecule has 0 bridgehead atoms. The van der Waals surface area contributed by atoms with E-state index in [1.54, 1.807) is 8.87 Å². The molecule has 0 fully saturated rings. The maximum atomic E-state index is 9.83. The van der Waals surface area contributed by atoms with Gasteiger partial charge in [-0.2, -0.15) is 23.5 Å². The van der Waals surface area contributed by atoms with E-state index in [0.29, 0.717) is 0 Å². The molecule has 0 aromatic heterocycles. The summed E-state index contributed by atoms with van der Waals surface area (Å²) in [6.07, 6.45) is 10.3. The summed E-state index contributed by atoms with van der Waals surface area (Å²) in [4.78, 5) is 19.7. The van der Waals surface area contributed by atoms with E-state index in [-0.39, 0.29) is 32.6 Å². The quantitative estimate of drug-likeness (QED) is 0.225. The number of carboxylic acids is 2. The zero-order valence-electron chi connectivity index (χ0n) is 17.8. The van der Waals surface area contributed by atoms with Crippen molar-refractivity contribution in [3.05, 3.63) is 0 Å². The molecule has 0 aliphatic carbocycles. The van der Waals surface area contributed by atoms with Crippen LogP contribution in [0, 0.1) is 0 Å². The normalized spacial score (nSPS) is 9.33. The molecule has 0 aliphatic rings. The first kappa shape index (κ1) is 32.1. The maximum absolute atomic E-state index is 9.83. The van der Waals surface area contributed by atoms with Crippen molar-refractivity contribution < 1.29 is 19.8 Å². The molecule has 0 radical (unpaired) electrons. The average Bonchev–Trinajstić information content (AvgIpc) is 2.63. The molecule has 0 aromatic carbocycles. The van der Waals surface area contributed by atoms with Crippen LogP contribution in [0.2, 0.25) is 8.87 Å². The Bertz CT molecular complexity index is 278. The van der Waals surface area contributed by atoms with Crippen LogP contribution < -0.4 is 10.2 Å². The van der Waals surface area contributed by atoms with Crippen LogP contribution in [-0.4, -0.2) is 56.1 Å². The molecule has 0 aromatic rings. The molecule has 160 valence electrons. The molecule has 0 N–H and O–H groups in total. The van der Waals surface area contributed by atoms with Gasteiger partial charge < -0.3 is 19.8 Å². The number of carbonyl (C=O) groups is 2. The van der Waals surface area contributed by atoms with Gasteiger partial charge in [-0.15, -0.1) is 0 Å². The summed E-state index contributed by atoms with van der Waals surface area (Å²) in [7, 11) is 0. The van der Waals surface area contributed by atoms with Gasteiger partial charge >= 0.3 is 69.5 Å². The van der Waals surface area contributed by atoms with Gasteiger partial charge in [0.25, 0.3) is 0 Å². The van der Waals surface area contributed by atoms with Crippen LogP contribution in [-0.2, 0) is 9.59 Å². The minimum atomic E-state index is -0.962. The van der Waals surface area contributed by atoms with E-state index in [9.17, 15) is 19.8 Å². The van der Waals surface area contributed by atoms with Gasteiger partial charge in [0.1, 0.15) is 0 Å². The van der Waals surface area contributed by atoms with Crippen LogP contribution >= 0.6 is 23.5 Å². The van der Waals surface area contributed by atoms with Gasteiger partial charge in [-0.25, -0.2) is 0 Å². The molecule has 0 saturated carbocycles. The number of hydrogen-bond donors (Lipinski definition) is 0. The van der Waals surface area contributed by atoms with Gasteiger partial charge in [-0.3, -0.25) is 0 Å². The van der Waals surface area contributed by atoms with Crippen LogP contribution in [0.15, 0.2) is 0 Å². The Morgan fingerprint density at radius 2 is 1.00 bits per heavy atom. The second-order valence-corrected chi connectivity index (χ2v) is 12.5. The molecule has 7 heteroatoms. The van der Waals surface area contributed by atoms with Crippen LogP contribution in [0.25, 0.3) is 0 Å². The third kappa shape index (κ3) is 46.4. The number of thioether (sulfide) groups is 2. The summed E-state index contributed by atoms with van der Waals surface area (Å²) in [5.74, 6) is 0.224. The van der Waals surface area contributed by atoms with Crippen molar-refractivity contribution in [3.63, 3.8) is 0 Å². The second-order valence-electron chi connectivity index (χ2n) is 6.01. The minimum absolute atomic E-state index is 0.139. The van der Waals surface area contributed by atoms with E-state index in [1.165, 1.54) is 49.2 Å². The first-order valence-electron chi connectivity index (χ1n) is 10.2. The van der Waals surface area contributed by atoms with Gasteiger partial charge in [-0.05, 0) is 24.3 Å². The predicted molar refractivity (Wildman–Crippen MR) is 120 cm³/mol. The summed E-state index contributed by atoms with van der Waals surface area (Å²) >= 11 is 3.00. The van der Waals surface area contributed by atoms with Crippen LogP contribution in [0.1, 0.15) is 79.1 Å². The zero-order valence-corrected chi connectivity index (χ0v) is 22.3. The molecule has 0 heterocycles. The topological polar surface area (TPSA) is 80.3 Å². The van der Waals surface area contributed by atoms with Crippen molar-refractivity contribution in [2.24, 2.45) is 0 Å². The summed E-state index contributed by atoms with van der Waals surface area (Å²) in [6.45, 7) is 8.75. The molecule has 27 heavy (non-hydrogen) atoms. The fraction of sp³-hybridized carbons (Fsp3) is 0.900. The van der Waals surface area contributed by atoms with Crippen LogP contribution in [0.3, 0.4) is 0 Å². The number of carbonyl (C=O) groups excluding carboxylic acids is 2. The number of rotatable bonds is 16. The van der Waals surface area contributed by atoms with E-state index in [4.69, 9.17) is 0 Å². The van der Waals surface area contributed by atoms with Crippen molar-refractivity contribution in [2.45, 2.75) is 87.9 Å². The first-order chi connectivity index (χ1) is 13.0. The molecule has 0 rings (SSSR count). The third-order valence-corrected chi connectivity index (χ3v) is 9.21. The molecule has 0 spiro atoms. The van der Waals surface area contributed by atoms with Crippen molar-refractivity contribution >= 4 is 56.6 Å². The SMILES string of the molecule is CCCCSCC(=O)[O-].CCCCSCC(=O)[O-].CCC[CH2][Sn+2][CH2]CCC. The van der Waals surface area contributed by atoms with Gasteiger partial charge in [0.05, 0.1) is 11.9 Å². The van der Waals surface area contributed by atoms with Crippen molar-refractivity contribution in [2.75, 3.05) is 23.0 Å².